The molecule has 1 atom stereocenters. The van der Waals surface area contributed by atoms with Gasteiger partial charge in [0.1, 0.15) is 19.1 Å². The Balaban J connectivity index is 2.82. The van der Waals surface area contributed by atoms with E-state index in [1.165, 1.54) is 0 Å². The van der Waals surface area contributed by atoms with Gasteiger partial charge >= 0.3 is 0 Å². The van der Waals surface area contributed by atoms with Crippen molar-refractivity contribution in [2.45, 2.75) is 6.04 Å². The molecule has 1 aromatic rings. The van der Waals surface area contributed by atoms with Crippen LogP contribution in [-0.2, 0) is 4.79 Å². The SMILES string of the molecule is N#CCN(CC#N)C(=O)[C@H](N)c1ccccc1. The molecule has 0 aliphatic heterocycles. The van der Waals surface area contributed by atoms with Gasteiger partial charge in [-0.25, -0.2) is 0 Å². The van der Waals surface area contributed by atoms with Gasteiger partial charge in [0.25, 0.3) is 0 Å². The van der Waals surface area contributed by atoms with Crippen molar-refractivity contribution in [1.82, 2.24) is 4.90 Å². The Kier molecular flexibility index (Phi) is 4.68. The number of nitrogens with two attached hydrogens (primary N) is 1. The van der Waals surface area contributed by atoms with Gasteiger partial charge in [-0.05, 0) is 5.56 Å². The maximum Gasteiger partial charge on any atom is 0.245 e. The number of nitrogens with zero attached hydrogens (tertiary/aromatic N) is 3. The monoisotopic (exact) mass is 228 g/mol. The van der Waals surface area contributed by atoms with Crippen LogP contribution in [0.2, 0.25) is 0 Å². The number of nitriles is 2. The fourth-order valence-corrected chi connectivity index (χ4v) is 1.38. The van der Waals surface area contributed by atoms with Gasteiger partial charge in [0.15, 0.2) is 0 Å². The normalized spacial score (nSPS) is 11.0. The highest BCUT2D eigenvalue weighted by molar-refractivity contribution is 5.83. The van der Waals surface area contributed by atoms with Gasteiger partial charge in [-0.15, -0.1) is 0 Å². The van der Waals surface area contributed by atoms with E-state index in [4.69, 9.17) is 16.3 Å². The first-order chi connectivity index (χ1) is 8.20. The van der Waals surface area contributed by atoms with E-state index in [-0.39, 0.29) is 13.1 Å². The number of hydrogen-bond acceptors (Lipinski definition) is 4. The van der Waals surface area contributed by atoms with Crippen LogP contribution in [0, 0.1) is 22.7 Å². The fourth-order valence-electron chi connectivity index (χ4n) is 1.38. The summed E-state index contributed by atoms with van der Waals surface area (Å²) in [6.45, 7) is -0.264. The zero-order valence-corrected chi connectivity index (χ0v) is 9.21. The van der Waals surface area contributed by atoms with Crippen LogP contribution < -0.4 is 5.73 Å². The fraction of sp³-hybridized carbons (Fsp3) is 0.250. The number of amides is 1. The molecule has 0 aliphatic rings. The van der Waals surface area contributed by atoms with Gasteiger partial charge < -0.3 is 10.6 Å². The van der Waals surface area contributed by atoms with Crippen LogP contribution in [0.3, 0.4) is 0 Å². The highest BCUT2D eigenvalue weighted by atomic mass is 16.2. The molecule has 1 rings (SSSR count). The molecule has 0 saturated heterocycles. The molecule has 0 fully saturated rings. The summed E-state index contributed by atoms with van der Waals surface area (Å²) in [5.74, 6) is -0.417. The Morgan fingerprint density at radius 3 is 2.24 bits per heavy atom. The van der Waals surface area contributed by atoms with Crippen molar-refractivity contribution >= 4 is 5.91 Å². The van der Waals surface area contributed by atoms with E-state index in [2.05, 4.69) is 0 Å². The zero-order valence-electron chi connectivity index (χ0n) is 9.21. The summed E-state index contributed by atoms with van der Waals surface area (Å²) in [5.41, 5.74) is 6.46. The smallest absolute Gasteiger partial charge is 0.245 e. The molecule has 17 heavy (non-hydrogen) atoms. The quantitative estimate of drug-likeness (QED) is 0.762. The van der Waals surface area contributed by atoms with Gasteiger partial charge in [0.2, 0.25) is 5.91 Å². The molecule has 0 aromatic heterocycles. The highest BCUT2D eigenvalue weighted by Crippen LogP contribution is 2.12. The van der Waals surface area contributed by atoms with Crippen molar-refractivity contribution in [3.63, 3.8) is 0 Å². The lowest BCUT2D eigenvalue weighted by molar-refractivity contribution is -0.131. The molecule has 86 valence electrons. The molecule has 0 unspecified atom stereocenters. The topological polar surface area (TPSA) is 93.9 Å². The number of benzene rings is 1. The summed E-state index contributed by atoms with van der Waals surface area (Å²) in [6.07, 6.45) is 0. The average Bonchev–Trinajstić information content (AvgIpc) is 2.38. The van der Waals surface area contributed by atoms with Crippen molar-refractivity contribution in [1.29, 1.82) is 10.5 Å². The minimum absolute atomic E-state index is 0.132. The van der Waals surface area contributed by atoms with E-state index >= 15 is 0 Å². The van der Waals surface area contributed by atoms with Gasteiger partial charge in [-0.3, -0.25) is 4.79 Å². The van der Waals surface area contributed by atoms with E-state index in [0.717, 1.165) is 4.90 Å². The van der Waals surface area contributed by atoms with Crippen LogP contribution in [0.15, 0.2) is 30.3 Å². The lowest BCUT2D eigenvalue weighted by Gasteiger charge is -2.20. The van der Waals surface area contributed by atoms with E-state index < -0.39 is 11.9 Å². The van der Waals surface area contributed by atoms with Crippen LogP contribution >= 0.6 is 0 Å². The molecule has 0 spiro atoms. The van der Waals surface area contributed by atoms with Gasteiger partial charge in [-0.1, -0.05) is 30.3 Å². The predicted molar refractivity (Wildman–Crippen MR) is 61.2 cm³/mol. The van der Waals surface area contributed by atoms with Gasteiger partial charge in [0, 0.05) is 0 Å². The summed E-state index contributed by atoms with van der Waals surface area (Å²) >= 11 is 0. The number of carbonyl (C=O) groups excluding carboxylic acids is 1. The molecule has 1 amide bonds. The summed E-state index contributed by atoms with van der Waals surface area (Å²) in [6, 6.07) is 11.7. The third-order valence-corrected chi connectivity index (χ3v) is 2.26. The lowest BCUT2D eigenvalue weighted by Crippen LogP contribution is -2.39. The summed E-state index contributed by atoms with van der Waals surface area (Å²) < 4.78 is 0. The molecule has 0 radical (unpaired) electrons. The Bertz CT molecular complexity index is 442. The zero-order chi connectivity index (χ0) is 12.7. The summed E-state index contributed by atoms with van der Waals surface area (Å²) in [4.78, 5) is 13.1. The second-order valence-electron chi connectivity index (χ2n) is 3.40. The molecule has 0 heterocycles. The Morgan fingerprint density at radius 2 is 1.76 bits per heavy atom. The second-order valence-corrected chi connectivity index (χ2v) is 3.40. The Morgan fingerprint density at radius 1 is 1.24 bits per heavy atom. The summed E-state index contributed by atoms with van der Waals surface area (Å²) in [7, 11) is 0. The first-order valence-corrected chi connectivity index (χ1v) is 5.04. The van der Waals surface area contributed by atoms with E-state index in [1.807, 2.05) is 18.2 Å². The predicted octanol–water partition coefficient (Wildman–Crippen LogP) is 0.562. The van der Waals surface area contributed by atoms with E-state index in [0.29, 0.717) is 5.56 Å². The van der Waals surface area contributed by atoms with Crippen LogP contribution in [0.4, 0.5) is 0 Å². The van der Waals surface area contributed by atoms with Gasteiger partial charge in [0.05, 0.1) is 12.1 Å². The standard InChI is InChI=1S/C12H12N4O/c13-6-8-16(9-7-14)12(17)11(15)10-4-2-1-3-5-10/h1-5,11H,8-9,15H2/t11-/m1/s1. The largest absolute Gasteiger partial charge is 0.316 e. The third-order valence-electron chi connectivity index (χ3n) is 2.26. The first kappa shape index (κ1) is 12.7. The van der Waals surface area contributed by atoms with Crippen molar-refractivity contribution in [3.8, 4) is 12.1 Å². The number of carbonyl (C=O) groups is 1. The van der Waals surface area contributed by atoms with E-state index in [9.17, 15) is 4.79 Å². The maximum absolute atomic E-state index is 11.9. The second kappa shape index (κ2) is 6.26. The average molecular weight is 228 g/mol. The van der Waals surface area contributed by atoms with Crippen LogP contribution in [0.25, 0.3) is 0 Å². The van der Waals surface area contributed by atoms with Crippen molar-refractivity contribution in [2.75, 3.05) is 13.1 Å². The van der Waals surface area contributed by atoms with Crippen LogP contribution in [0.5, 0.6) is 0 Å². The molecule has 0 bridgehead atoms. The Hall–Kier alpha value is -2.37. The van der Waals surface area contributed by atoms with Crippen molar-refractivity contribution in [2.24, 2.45) is 5.73 Å². The third kappa shape index (κ3) is 3.30. The Labute approximate surface area is 99.7 Å². The van der Waals surface area contributed by atoms with Crippen molar-refractivity contribution in [3.05, 3.63) is 35.9 Å². The summed E-state index contributed by atoms with van der Waals surface area (Å²) in [5, 5.41) is 17.1. The number of hydrogen-bond donors (Lipinski definition) is 1. The minimum atomic E-state index is -0.835. The van der Waals surface area contributed by atoms with Crippen LogP contribution in [-0.4, -0.2) is 23.9 Å². The highest BCUT2D eigenvalue weighted by Gasteiger charge is 2.21. The minimum Gasteiger partial charge on any atom is -0.316 e. The van der Waals surface area contributed by atoms with Crippen LogP contribution in [0.1, 0.15) is 11.6 Å². The van der Waals surface area contributed by atoms with E-state index in [1.54, 1.807) is 24.3 Å². The molecule has 5 heteroatoms. The van der Waals surface area contributed by atoms with Gasteiger partial charge in [-0.2, -0.15) is 10.5 Å². The molecule has 1 aromatic carbocycles. The van der Waals surface area contributed by atoms with Crippen molar-refractivity contribution < 1.29 is 4.79 Å². The molecule has 0 aliphatic carbocycles. The molecule has 5 nitrogen and oxygen atoms in total. The number of rotatable bonds is 4. The molecular weight excluding hydrogens is 216 g/mol. The molecule has 2 N–H and O–H groups in total. The molecule has 0 saturated carbocycles. The maximum atomic E-state index is 11.9. The molecular formula is C12H12N4O. The lowest BCUT2D eigenvalue weighted by atomic mass is 10.1. The first-order valence-electron chi connectivity index (χ1n) is 5.04.